The first-order valence-electron chi connectivity index (χ1n) is 17.8. The van der Waals surface area contributed by atoms with Crippen molar-refractivity contribution in [3.63, 3.8) is 0 Å². The van der Waals surface area contributed by atoms with E-state index in [-0.39, 0.29) is 29.0 Å². The fourth-order valence-corrected chi connectivity index (χ4v) is 14.4. The highest BCUT2D eigenvalue weighted by atomic mass is 16.6. The molecular weight excluding hydrogens is 522 g/mol. The number of carbonyl (C=O) groups excluding carboxylic acids is 1. The first-order chi connectivity index (χ1) is 19.5. The molecule has 0 aromatic carbocycles. The summed E-state index contributed by atoms with van der Waals surface area (Å²) in [7, 11) is 0. The molecule has 6 fully saturated rings. The van der Waals surface area contributed by atoms with Gasteiger partial charge in [-0.1, -0.05) is 55.4 Å². The number of aliphatic hydroxyl groups is 1. The third kappa shape index (κ3) is 3.74. The topological polar surface area (TPSA) is 59.0 Å². The molecular formula is C37H63NO4. The van der Waals surface area contributed by atoms with Crippen LogP contribution in [0, 0.1) is 56.7 Å². The molecule has 6 rings (SSSR count). The van der Waals surface area contributed by atoms with Crippen molar-refractivity contribution in [2.24, 2.45) is 56.7 Å². The summed E-state index contributed by atoms with van der Waals surface area (Å²) >= 11 is 0. The second-order valence-electron chi connectivity index (χ2n) is 17.8. The Kier molecular flexibility index (Phi) is 7.22. The smallest absolute Gasteiger partial charge is 0.303 e. The SMILES string of the molecule is CCN(CC)C1CCC23C(CC[C@@H]4[C@]2(CC[C@]2(C)C5C(C)CC([C@H](OC(C)=O)C(C)(C)O)O[C@@H]5C[C@@]42C)[C@@H]3C)C1(C)C. The van der Waals surface area contributed by atoms with Crippen LogP contribution in [0.2, 0.25) is 0 Å². The Morgan fingerprint density at radius 1 is 0.976 bits per heavy atom. The van der Waals surface area contributed by atoms with E-state index in [0.717, 1.165) is 43.7 Å². The summed E-state index contributed by atoms with van der Waals surface area (Å²) < 4.78 is 12.8. The van der Waals surface area contributed by atoms with Crippen molar-refractivity contribution in [2.45, 2.75) is 157 Å². The van der Waals surface area contributed by atoms with Gasteiger partial charge in [0, 0.05) is 13.0 Å². The monoisotopic (exact) mass is 585 g/mol. The third-order valence-corrected chi connectivity index (χ3v) is 15.9. The second kappa shape index (κ2) is 9.68. The van der Waals surface area contributed by atoms with Gasteiger partial charge >= 0.3 is 5.97 Å². The van der Waals surface area contributed by atoms with Crippen LogP contribution in [0.15, 0.2) is 0 Å². The van der Waals surface area contributed by atoms with E-state index in [4.69, 9.17) is 9.47 Å². The number of carbonyl (C=O) groups is 1. The molecule has 0 aromatic rings. The van der Waals surface area contributed by atoms with Gasteiger partial charge in [-0.15, -0.1) is 0 Å². The van der Waals surface area contributed by atoms with Gasteiger partial charge in [-0.3, -0.25) is 4.79 Å². The summed E-state index contributed by atoms with van der Waals surface area (Å²) in [4.78, 5) is 14.8. The number of ether oxygens (including phenoxy) is 2. The van der Waals surface area contributed by atoms with Crippen molar-refractivity contribution in [1.82, 2.24) is 4.90 Å². The molecule has 0 amide bonds. The average molecular weight is 586 g/mol. The standard InChI is InChI=1S/C37H63NO4/c1-12-38(13-2)29-16-17-36-23(4)37(36)19-18-34(10)30-22(3)20-25(31(33(8,9)40)41-24(5)39)42-26(30)21-35(34,11)28(37)15-14-27(36)32(29,6)7/h22-23,25-31,40H,12-21H2,1-11H3/t22?,23-,25?,26-,27?,28+,29?,30?,31+,34-,35+,36?,37+/m1/s1. The van der Waals surface area contributed by atoms with Crippen molar-refractivity contribution in [3.8, 4) is 0 Å². The molecule has 5 saturated carbocycles. The van der Waals surface area contributed by atoms with Crippen molar-refractivity contribution in [3.05, 3.63) is 0 Å². The van der Waals surface area contributed by atoms with Crippen molar-refractivity contribution < 1.29 is 19.4 Å². The summed E-state index contributed by atoms with van der Waals surface area (Å²) in [5.74, 6) is 3.05. The van der Waals surface area contributed by atoms with Crippen LogP contribution in [0.5, 0.6) is 0 Å². The van der Waals surface area contributed by atoms with E-state index >= 15 is 0 Å². The predicted molar refractivity (Wildman–Crippen MR) is 168 cm³/mol. The fraction of sp³-hybridized carbons (Fsp3) is 0.973. The lowest BCUT2D eigenvalue weighted by Gasteiger charge is -2.64. The van der Waals surface area contributed by atoms with Gasteiger partial charge in [0.05, 0.1) is 17.8 Å². The van der Waals surface area contributed by atoms with Crippen LogP contribution in [-0.4, -0.2) is 59.0 Å². The maximum Gasteiger partial charge on any atom is 0.303 e. The van der Waals surface area contributed by atoms with Gasteiger partial charge in [0.15, 0.2) is 6.10 Å². The minimum Gasteiger partial charge on any atom is -0.457 e. The lowest BCUT2D eigenvalue weighted by Crippen LogP contribution is -2.60. The largest absolute Gasteiger partial charge is 0.457 e. The van der Waals surface area contributed by atoms with Gasteiger partial charge in [0.25, 0.3) is 0 Å². The van der Waals surface area contributed by atoms with Gasteiger partial charge in [-0.25, -0.2) is 0 Å². The van der Waals surface area contributed by atoms with Crippen LogP contribution in [0.4, 0.5) is 0 Å². The Balaban J connectivity index is 1.31. The highest BCUT2D eigenvalue weighted by Gasteiger charge is 2.86. The molecule has 6 aliphatic rings. The molecule has 240 valence electrons. The average Bonchev–Trinajstić information content (AvgIpc) is 3.31. The highest BCUT2D eigenvalue weighted by Crippen LogP contribution is 2.91. The molecule has 5 nitrogen and oxygen atoms in total. The van der Waals surface area contributed by atoms with E-state index in [1.807, 2.05) is 0 Å². The molecule has 1 aliphatic heterocycles. The van der Waals surface area contributed by atoms with Gasteiger partial charge in [-0.05, 0) is 135 Å². The van der Waals surface area contributed by atoms with Gasteiger partial charge in [0.1, 0.15) is 0 Å². The fourth-order valence-electron chi connectivity index (χ4n) is 14.4. The van der Waals surface area contributed by atoms with Crippen LogP contribution in [0.1, 0.15) is 128 Å². The van der Waals surface area contributed by atoms with Crippen LogP contribution in [0.3, 0.4) is 0 Å². The number of hydrogen-bond acceptors (Lipinski definition) is 5. The minimum absolute atomic E-state index is 0.168. The maximum absolute atomic E-state index is 12.0. The zero-order valence-corrected chi connectivity index (χ0v) is 28.9. The van der Waals surface area contributed by atoms with Crippen molar-refractivity contribution in [1.29, 1.82) is 0 Å². The molecule has 0 aromatic heterocycles. The molecule has 0 radical (unpaired) electrons. The number of nitrogens with zero attached hydrogens (tertiary/aromatic N) is 1. The second-order valence-corrected chi connectivity index (χ2v) is 17.8. The van der Waals surface area contributed by atoms with Crippen LogP contribution < -0.4 is 0 Å². The Bertz CT molecular complexity index is 1080. The van der Waals surface area contributed by atoms with Gasteiger partial charge in [0.2, 0.25) is 0 Å². The number of hydrogen-bond donors (Lipinski definition) is 1. The Morgan fingerprint density at radius 3 is 2.19 bits per heavy atom. The zero-order valence-electron chi connectivity index (χ0n) is 28.9. The van der Waals surface area contributed by atoms with E-state index in [1.165, 1.54) is 45.4 Å². The maximum atomic E-state index is 12.0. The normalized spacial score (nSPS) is 51.5. The van der Waals surface area contributed by atoms with Crippen molar-refractivity contribution >= 4 is 5.97 Å². The van der Waals surface area contributed by atoms with E-state index in [2.05, 4.69) is 60.3 Å². The lowest BCUT2D eigenvalue weighted by molar-refractivity contribution is -0.209. The molecule has 2 spiro atoms. The Morgan fingerprint density at radius 2 is 1.60 bits per heavy atom. The highest BCUT2D eigenvalue weighted by molar-refractivity contribution is 5.66. The summed E-state index contributed by atoms with van der Waals surface area (Å²) in [6.07, 6.45) is 9.47. The Hall–Kier alpha value is -0.650. The summed E-state index contributed by atoms with van der Waals surface area (Å²) in [6, 6.07) is 0.704. The Labute approximate surface area is 257 Å². The van der Waals surface area contributed by atoms with Crippen LogP contribution in [0.25, 0.3) is 0 Å². The van der Waals surface area contributed by atoms with Crippen molar-refractivity contribution in [2.75, 3.05) is 13.1 Å². The molecule has 6 unspecified atom stereocenters. The molecule has 1 heterocycles. The summed E-state index contributed by atoms with van der Waals surface area (Å²) in [5, 5.41) is 11.0. The van der Waals surface area contributed by atoms with Gasteiger partial charge in [-0.2, -0.15) is 0 Å². The third-order valence-electron chi connectivity index (χ3n) is 15.9. The number of esters is 1. The minimum atomic E-state index is -1.14. The van der Waals surface area contributed by atoms with E-state index in [0.29, 0.717) is 34.1 Å². The summed E-state index contributed by atoms with van der Waals surface area (Å²) in [5.41, 5.74) is 0.714. The number of fused-ring (bicyclic) bond motifs is 4. The van der Waals surface area contributed by atoms with Crippen LogP contribution >= 0.6 is 0 Å². The van der Waals surface area contributed by atoms with Gasteiger partial charge < -0.3 is 19.5 Å². The summed E-state index contributed by atoms with van der Waals surface area (Å²) in [6.45, 7) is 27.7. The zero-order chi connectivity index (χ0) is 30.8. The molecule has 13 atom stereocenters. The predicted octanol–water partition coefficient (Wildman–Crippen LogP) is 7.49. The quantitative estimate of drug-likeness (QED) is 0.327. The van der Waals surface area contributed by atoms with E-state index in [1.54, 1.807) is 13.8 Å². The van der Waals surface area contributed by atoms with E-state index < -0.39 is 11.7 Å². The molecule has 5 heteroatoms. The first kappa shape index (κ1) is 31.3. The van der Waals surface area contributed by atoms with Crippen LogP contribution in [-0.2, 0) is 14.3 Å². The molecule has 1 saturated heterocycles. The first-order valence-corrected chi connectivity index (χ1v) is 17.8. The van der Waals surface area contributed by atoms with E-state index in [9.17, 15) is 9.90 Å². The number of rotatable bonds is 6. The molecule has 0 bridgehead atoms. The molecule has 5 aliphatic carbocycles. The molecule has 1 N–H and O–H groups in total. The molecule has 42 heavy (non-hydrogen) atoms. The lowest BCUT2D eigenvalue weighted by atomic mass is 9.41.